The van der Waals surface area contributed by atoms with Crippen LogP contribution in [0.25, 0.3) is 11.0 Å². The van der Waals surface area contributed by atoms with Crippen molar-refractivity contribution in [2.45, 2.75) is 57.0 Å². The minimum atomic E-state index is -0.446. The Morgan fingerprint density at radius 2 is 2.32 bits per heavy atom. The second-order valence-corrected chi connectivity index (χ2v) is 8.64. The number of aromatic nitrogens is 2. The molecule has 1 saturated carbocycles. The summed E-state index contributed by atoms with van der Waals surface area (Å²) in [6, 6.07) is 4.50. The number of amides is 1. The van der Waals surface area contributed by atoms with Crippen molar-refractivity contribution in [1.29, 1.82) is 0 Å². The van der Waals surface area contributed by atoms with Gasteiger partial charge in [0.05, 0.1) is 25.3 Å². The Hall–Kier alpha value is -2.00. The first-order valence-electron chi connectivity index (χ1n) is 11.4. The van der Waals surface area contributed by atoms with Crippen LogP contribution in [0.3, 0.4) is 0 Å². The smallest absolute Gasteiger partial charge is 0.253 e. The number of hydrogen-bond donors (Lipinski definition) is 2. The van der Waals surface area contributed by atoms with Crippen molar-refractivity contribution in [2.24, 2.45) is 0 Å². The number of ether oxygens (including phenoxy) is 2. The SMILES string of the molecule is CNCCCn1cc([C@@H](C)N(C(=O)[C@H]2CN[C@@H](COC)CO2)C2CC2)c2cccnc21. The third-order valence-corrected chi connectivity index (χ3v) is 6.29. The van der Waals surface area contributed by atoms with Gasteiger partial charge in [0.1, 0.15) is 11.8 Å². The number of nitrogens with zero attached hydrogens (tertiary/aromatic N) is 3. The highest BCUT2D eigenvalue weighted by molar-refractivity contribution is 5.85. The lowest BCUT2D eigenvalue weighted by molar-refractivity contribution is -0.150. The molecule has 0 unspecified atom stereocenters. The standard InChI is InChI=1S/C23H35N5O3/c1-16(20-13-27(11-5-9-24-2)22-19(20)6-4-10-25-22)28(18-7-8-18)23(29)21-12-26-17(14-30-3)15-31-21/h4,6,10,13,16-18,21,24,26H,5,7-9,11-12,14-15H2,1-3H3/t16-,17+,21-/m1/s1. The quantitative estimate of drug-likeness (QED) is 0.560. The van der Waals surface area contributed by atoms with Gasteiger partial charge in [0.15, 0.2) is 0 Å². The van der Waals surface area contributed by atoms with Gasteiger partial charge in [0.25, 0.3) is 5.91 Å². The molecule has 2 aromatic heterocycles. The molecule has 4 rings (SSSR count). The van der Waals surface area contributed by atoms with Gasteiger partial charge in [-0.2, -0.15) is 0 Å². The highest BCUT2D eigenvalue weighted by Crippen LogP contribution is 2.38. The van der Waals surface area contributed by atoms with E-state index in [0.717, 1.165) is 48.9 Å². The Balaban J connectivity index is 1.54. The lowest BCUT2D eigenvalue weighted by Gasteiger charge is -2.36. The van der Waals surface area contributed by atoms with E-state index in [-0.39, 0.29) is 18.0 Å². The number of carbonyl (C=O) groups excluding carboxylic acids is 1. The van der Waals surface area contributed by atoms with E-state index in [1.54, 1.807) is 7.11 Å². The molecule has 2 N–H and O–H groups in total. The number of aryl methyl sites for hydroxylation is 1. The Kier molecular flexibility index (Phi) is 7.22. The Morgan fingerprint density at radius 3 is 3.00 bits per heavy atom. The molecule has 0 spiro atoms. The van der Waals surface area contributed by atoms with E-state index in [4.69, 9.17) is 9.47 Å². The largest absolute Gasteiger partial charge is 0.383 e. The number of nitrogens with one attached hydrogen (secondary N) is 2. The minimum Gasteiger partial charge on any atom is -0.383 e. The molecule has 8 nitrogen and oxygen atoms in total. The highest BCUT2D eigenvalue weighted by atomic mass is 16.5. The number of rotatable bonds is 10. The van der Waals surface area contributed by atoms with Crippen molar-refractivity contribution in [1.82, 2.24) is 25.1 Å². The molecule has 0 bridgehead atoms. The molecule has 1 saturated heterocycles. The summed E-state index contributed by atoms with van der Waals surface area (Å²) in [4.78, 5) is 20.2. The van der Waals surface area contributed by atoms with Gasteiger partial charge in [0, 0.05) is 49.6 Å². The summed E-state index contributed by atoms with van der Waals surface area (Å²) in [5, 5.41) is 7.72. The van der Waals surface area contributed by atoms with E-state index in [1.165, 1.54) is 0 Å². The highest BCUT2D eigenvalue weighted by Gasteiger charge is 2.41. The van der Waals surface area contributed by atoms with Gasteiger partial charge in [-0.25, -0.2) is 4.98 Å². The zero-order valence-corrected chi connectivity index (χ0v) is 18.8. The molecule has 31 heavy (non-hydrogen) atoms. The summed E-state index contributed by atoms with van der Waals surface area (Å²) in [6.45, 7) is 5.60. The molecule has 1 amide bonds. The number of pyridine rings is 1. The first-order chi connectivity index (χ1) is 15.1. The van der Waals surface area contributed by atoms with Gasteiger partial charge in [-0.1, -0.05) is 0 Å². The molecule has 2 aliphatic rings. The molecule has 3 atom stereocenters. The van der Waals surface area contributed by atoms with E-state index in [0.29, 0.717) is 25.8 Å². The summed E-state index contributed by atoms with van der Waals surface area (Å²) in [5.74, 6) is 0.0818. The lowest BCUT2D eigenvalue weighted by atomic mass is 10.1. The van der Waals surface area contributed by atoms with Crippen LogP contribution in [0.5, 0.6) is 0 Å². The predicted octanol–water partition coefficient (Wildman–Crippen LogP) is 1.70. The molecule has 0 radical (unpaired) electrons. The third kappa shape index (κ3) is 4.92. The maximum Gasteiger partial charge on any atom is 0.253 e. The molecule has 2 aromatic rings. The van der Waals surface area contributed by atoms with Crippen LogP contribution in [0.1, 0.15) is 37.8 Å². The van der Waals surface area contributed by atoms with Crippen LogP contribution in [-0.4, -0.2) is 79.0 Å². The fraction of sp³-hybridized carbons (Fsp3) is 0.652. The van der Waals surface area contributed by atoms with E-state index in [2.05, 4.69) is 44.3 Å². The van der Waals surface area contributed by atoms with Crippen molar-refractivity contribution in [3.05, 3.63) is 30.1 Å². The van der Waals surface area contributed by atoms with Crippen LogP contribution in [-0.2, 0) is 20.8 Å². The number of hydrogen-bond acceptors (Lipinski definition) is 6. The zero-order valence-electron chi connectivity index (χ0n) is 18.8. The number of carbonyl (C=O) groups is 1. The van der Waals surface area contributed by atoms with E-state index in [1.807, 2.05) is 19.3 Å². The topological polar surface area (TPSA) is 80.7 Å². The molecule has 0 aromatic carbocycles. The Bertz CT molecular complexity index is 873. The lowest BCUT2D eigenvalue weighted by Crippen LogP contribution is -2.55. The Morgan fingerprint density at radius 1 is 1.48 bits per heavy atom. The summed E-state index contributed by atoms with van der Waals surface area (Å²) in [5.41, 5.74) is 2.15. The molecule has 8 heteroatoms. The summed E-state index contributed by atoms with van der Waals surface area (Å²) in [6.07, 6.45) is 6.73. The second kappa shape index (κ2) is 10.1. The first-order valence-corrected chi connectivity index (χ1v) is 11.4. The summed E-state index contributed by atoms with van der Waals surface area (Å²) >= 11 is 0. The normalized spacial score (nSPS) is 22.5. The number of morpholine rings is 1. The van der Waals surface area contributed by atoms with Crippen molar-refractivity contribution in [3.63, 3.8) is 0 Å². The van der Waals surface area contributed by atoms with Gasteiger partial charge in [-0.15, -0.1) is 0 Å². The molecule has 1 aliphatic heterocycles. The van der Waals surface area contributed by atoms with Gasteiger partial charge in [-0.05, 0) is 51.9 Å². The molecule has 1 aliphatic carbocycles. The fourth-order valence-corrected chi connectivity index (χ4v) is 4.53. The fourth-order valence-electron chi connectivity index (χ4n) is 4.53. The van der Waals surface area contributed by atoms with Gasteiger partial charge < -0.3 is 29.6 Å². The molecular formula is C23H35N5O3. The maximum atomic E-state index is 13.5. The molecule has 2 fully saturated rings. The van der Waals surface area contributed by atoms with Crippen LogP contribution < -0.4 is 10.6 Å². The van der Waals surface area contributed by atoms with Gasteiger partial charge in [-0.3, -0.25) is 4.79 Å². The van der Waals surface area contributed by atoms with Crippen molar-refractivity contribution in [3.8, 4) is 0 Å². The van der Waals surface area contributed by atoms with Crippen LogP contribution in [0.15, 0.2) is 24.5 Å². The Labute approximate surface area is 184 Å². The average molecular weight is 430 g/mol. The molecule has 3 heterocycles. The minimum absolute atomic E-state index is 0.0300. The first kappa shape index (κ1) is 22.2. The van der Waals surface area contributed by atoms with Gasteiger partial charge in [0.2, 0.25) is 0 Å². The van der Waals surface area contributed by atoms with Crippen LogP contribution in [0, 0.1) is 0 Å². The molecular weight excluding hydrogens is 394 g/mol. The second-order valence-electron chi connectivity index (χ2n) is 8.64. The van der Waals surface area contributed by atoms with Crippen LogP contribution in [0.2, 0.25) is 0 Å². The number of fused-ring (bicyclic) bond motifs is 1. The third-order valence-electron chi connectivity index (χ3n) is 6.29. The monoisotopic (exact) mass is 429 g/mol. The van der Waals surface area contributed by atoms with E-state index in [9.17, 15) is 4.79 Å². The van der Waals surface area contributed by atoms with Crippen LogP contribution in [0.4, 0.5) is 0 Å². The van der Waals surface area contributed by atoms with Crippen molar-refractivity contribution >= 4 is 16.9 Å². The van der Waals surface area contributed by atoms with E-state index >= 15 is 0 Å². The average Bonchev–Trinajstić information content (AvgIpc) is 3.55. The maximum absolute atomic E-state index is 13.5. The van der Waals surface area contributed by atoms with E-state index < -0.39 is 6.10 Å². The zero-order chi connectivity index (χ0) is 21.8. The summed E-state index contributed by atoms with van der Waals surface area (Å²) in [7, 11) is 3.65. The number of methoxy groups -OCH3 is 1. The molecule has 170 valence electrons. The van der Waals surface area contributed by atoms with Crippen molar-refractivity contribution < 1.29 is 14.3 Å². The predicted molar refractivity (Wildman–Crippen MR) is 120 cm³/mol. The van der Waals surface area contributed by atoms with Gasteiger partial charge >= 0.3 is 0 Å². The summed E-state index contributed by atoms with van der Waals surface area (Å²) < 4.78 is 13.4. The van der Waals surface area contributed by atoms with Crippen molar-refractivity contribution in [2.75, 3.05) is 40.5 Å². The van der Waals surface area contributed by atoms with Crippen LogP contribution >= 0.6 is 0 Å².